The van der Waals surface area contributed by atoms with Crippen molar-refractivity contribution in [2.45, 2.75) is 19.4 Å². The van der Waals surface area contributed by atoms with Crippen LogP contribution in [0.3, 0.4) is 0 Å². The minimum atomic E-state index is -0.0568. The smallest absolute Gasteiger partial charge is 0.227 e. The lowest BCUT2D eigenvalue weighted by atomic mass is 10.2. The van der Waals surface area contributed by atoms with Crippen molar-refractivity contribution >= 4 is 21.8 Å². The van der Waals surface area contributed by atoms with E-state index in [0.717, 1.165) is 15.6 Å². The maximum atomic E-state index is 11.9. The predicted molar refractivity (Wildman–Crippen MR) is 91.8 cm³/mol. The van der Waals surface area contributed by atoms with Crippen LogP contribution in [-0.4, -0.2) is 21.0 Å². The number of rotatable bonds is 6. The third-order valence-electron chi connectivity index (χ3n) is 3.35. The Kier molecular flexibility index (Phi) is 5.32. The predicted octanol–water partition coefficient (Wildman–Crippen LogP) is 3.14. The Labute approximate surface area is 147 Å². The highest BCUT2D eigenvalue weighted by Crippen LogP contribution is 2.15. The number of hydrogen-bond donors (Lipinski definition) is 1. The van der Waals surface area contributed by atoms with Crippen molar-refractivity contribution in [1.29, 1.82) is 0 Å². The van der Waals surface area contributed by atoms with E-state index in [1.54, 1.807) is 24.5 Å². The van der Waals surface area contributed by atoms with Crippen LogP contribution < -0.4 is 5.32 Å². The number of carbonyl (C=O) groups is 1. The van der Waals surface area contributed by atoms with Crippen molar-refractivity contribution in [3.05, 3.63) is 64.7 Å². The number of nitrogens with zero attached hydrogens (tertiary/aromatic N) is 3. The summed E-state index contributed by atoms with van der Waals surface area (Å²) in [6, 6.07) is 11.4. The van der Waals surface area contributed by atoms with Gasteiger partial charge in [0.1, 0.15) is 0 Å². The van der Waals surface area contributed by atoms with Gasteiger partial charge in [0.05, 0.1) is 0 Å². The van der Waals surface area contributed by atoms with Gasteiger partial charge in [-0.05, 0) is 29.8 Å². The van der Waals surface area contributed by atoms with E-state index >= 15 is 0 Å². The minimum Gasteiger partial charge on any atom is -0.352 e. The number of carbonyl (C=O) groups excluding carboxylic acids is 1. The molecule has 1 N–H and O–H groups in total. The standard InChI is InChI=1S/C17H15BrN4O2/c18-14-3-1-2-12(10-14)11-20-15(23)4-5-16-21-17(22-24-16)13-6-8-19-9-7-13/h1-3,6-10H,4-5,11H2,(H,20,23). The van der Waals surface area contributed by atoms with Crippen LogP contribution in [0.15, 0.2) is 57.8 Å². The molecule has 7 heteroatoms. The highest BCUT2D eigenvalue weighted by molar-refractivity contribution is 9.10. The lowest BCUT2D eigenvalue weighted by Gasteiger charge is -2.04. The van der Waals surface area contributed by atoms with Crippen LogP contribution in [0.5, 0.6) is 0 Å². The van der Waals surface area contributed by atoms with Gasteiger partial charge in [0.25, 0.3) is 0 Å². The second kappa shape index (κ2) is 7.83. The number of hydrogen-bond acceptors (Lipinski definition) is 5. The van der Waals surface area contributed by atoms with E-state index < -0.39 is 0 Å². The quantitative estimate of drug-likeness (QED) is 0.703. The van der Waals surface area contributed by atoms with Gasteiger partial charge in [0, 0.05) is 41.8 Å². The van der Waals surface area contributed by atoms with Crippen molar-refractivity contribution in [3.63, 3.8) is 0 Å². The van der Waals surface area contributed by atoms with E-state index in [1.165, 1.54) is 0 Å². The molecule has 2 aromatic heterocycles. The molecule has 0 bridgehead atoms. The van der Waals surface area contributed by atoms with Crippen LogP contribution in [-0.2, 0) is 17.8 Å². The monoisotopic (exact) mass is 386 g/mol. The van der Waals surface area contributed by atoms with E-state index in [-0.39, 0.29) is 5.91 Å². The van der Waals surface area contributed by atoms with Gasteiger partial charge in [-0.25, -0.2) is 0 Å². The Hall–Kier alpha value is -2.54. The molecule has 0 unspecified atom stereocenters. The topological polar surface area (TPSA) is 80.9 Å². The van der Waals surface area contributed by atoms with Crippen LogP contribution >= 0.6 is 15.9 Å². The largest absolute Gasteiger partial charge is 0.352 e. The first-order valence-corrected chi connectivity index (χ1v) is 8.24. The zero-order valence-electron chi connectivity index (χ0n) is 12.8. The molecule has 2 heterocycles. The van der Waals surface area contributed by atoms with E-state index in [1.807, 2.05) is 24.3 Å². The second-order valence-electron chi connectivity index (χ2n) is 5.15. The number of pyridine rings is 1. The average Bonchev–Trinajstić information content (AvgIpc) is 3.08. The summed E-state index contributed by atoms with van der Waals surface area (Å²) in [7, 11) is 0. The maximum absolute atomic E-state index is 11.9. The zero-order valence-corrected chi connectivity index (χ0v) is 14.4. The summed E-state index contributed by atoms with van der Waals surface area (Å²) < 4.78 is 6.17. The molecule has 122 valence electrons. The van der Waals surface area contributed by atoms with E-state index in [2.05, 4.69) is 36.4 Å². The fraction of sp³-hybridized carbons (Fsp3) is 0.176. The van der Waals surface area contributed by atoms with Crippen molar-refractivity contribution in [2.75, 3.05) is 0 Å². The molecule has 0 saturated heterocycles. The van der Waals surface area contributed by atoms with Gasteiger partial charge < -0.3 is 9.84 Å². The third-order valence-corrected chi connectivity index (χ3v) is 3.84. The van der Waals surface area contributed by atoms with Gasteiger partial charge in [-0.1, -0.05) is 33.2 Å². The number of halogens is 1. The SMILES string of the molecule is O=C(CCc1nc(-c2ccncc2)no1)NCc1cccc(Br)c1. The number of benzene rings is 1. The normalized spacial score (nSPS) is 10.5. The summed E-state index contributed by atoms with van der Waals surface area (Å²) in [4.78, 5) is 20.2. The molecule has 0 atom stereocenters. The van der Waals surface area contributed by atoms with Gasteiger partial charge in [-0.3, -0.25) is 9.78 Å². The number of amides is 1. The number of aryl methyl sites for hydroxylation is 1. The van der Waals surface area contributed by atoms with Crippen molar-refractivity contribution in [2.24, 2.45) is 0 Å². The first kappa shape index (κ1) is 16.3. The lowest BCUT2D eigenvalue weighted by molar-refractivity contribution is -0.121. The van der Waals surface area contributed by atoms with E-state index in [9.17, 15) is 4.79 Å². The highest BCUT2D eigenvalue weighted by atomic mass is 79.9. The van der Waals surface area contributed by atoms with Crippen LogP contribution in [0.1, 0.15) is 17.9 Å². The fourth-order valence-electron chi connectivity index (χ4n) is 2.13. The Bertz CT molecular complexity index is 820. The molecule has 0 spiro atoms. The molecule has 24 heavy (non-hydrogen) atoms. The second-order valence-corrected chi connectivity index (χ2v) is 6.07. The Morgan fingerprint density at radius 2 is 2.04 bits per heavy atom. The van der Waals surface area contributed by atoms with Crippen molar-refractivity contribution < 1.29 is 9.32 Å². The minimum absolute atomic E-state index is 0.0568. The maximum Gasteiger partial charge on any atom is 0.227 e. The van der Waals surface area contributed by atoms with Gasteiger partial charge in [0.15, 0.2) is 0 Å². The summed E-state index contributed by atoms with van der Waals surface area (Å²) in [6.45, 7) is 0.490. The molecular weight excluding hydrogens is 372 g/mol. The highest BCUT2D eigenvalue weighted by Gasteiger charge is 2.10. The first-order valence-electron chi connectivity index (χ1n) is 7.45. The van der Waals surface area contributed by atoms with Gasteiger partial charge in [-0.15, -0.1) is 0 Å². The summed E-state index contributed by atoms with van der Waals surface area (Å²) in [5, 5.41) is 6.79. The molecule has 0 aliphatic heterocycles. The molecule has 0 fully saturated rings. The van der Waals surface area contributed by atoms with Crippen LogP contribution in [0.4, 0.5) is 0 Å². The molecule has 0 radical (unpaired) electrons. The Balaban J connectivity index is 1.49. The summed E-state index contributed by atoms with van der Waals surface area (Å²) in [5.74, 6) is 0.889. The number of aromatic nitrogens is 3. The summed E-state index contributed by atoms with van der Waals surface area (Å²) in [6.07, 6.45) is 4.04. The molecule has 1 amide bonds. The number of nitrogens with one attached hydrogen (secondary N) is 1. The molecule has 0 aliphatic rings. The van der Waals surface area contributed by atoms with Gasteiger partial charge in [-0.2, -0.15) is 4.98 Å². The molecular formula is C17H15BrN4O2. The van der Waals surface area contributed by atoms with Crippen LogP contribution in [0, 0.1) is 0 Å². The first-order chi connectivity index (χ1) is 11.7. The Morgan fingerprint density at radius 1 is 1.21 bits per heavy atom. The lowest BCUT2D eigenvalue weighted by Crippen LogP contribution is -2.23. The summed E-state index contributed by atoms with van der Waals surface area (Å²) in [5.41, 5.74) is 1.87. The molecule has 3 rings (SSSR count). The van der Waals surface area contributed by atoms with Crippen molar-refractivity contribution in [3.8, 4) is 11.4 Å². The van der Waals surface area contributed by atoms with E-state index in [0.29, 0.717) is 31.1 Å². The van der Waals surface area contributed by atoms with Gasteiger partial charge in [0.2, 0.25) is 17.6 Å². The van der Waals surface area contributed by atoms with Crippen molar-refractivity contribution in [1.82, 2.24) is 20.4 Å². The fourth-order valence-corrected chi connectivity index (χ4v) is 2.58. The molecule has 1 aromatic carbocycles. The Morgan fingerprint density at radius 3 is 2.83 bits per heavy atom. The summed E-state index contributed by atoms with van der Waals surface area (Å²) >= 11 is 3.41. The molecule has 6 nitrogen and oxygen atoms in total. The van der Waals surface area contributed by atoms with E-state index in [4.69, 9.17) is 4.52 Å². The third kappa shape index (κ3) is 4.48. The zero-order chi connectivity index (χ0) is 16.8. The van der Waals surface area contributed by atoms with Gasteiger partial charge >= 0.3 is 0 Å². The van der Waals surface area contributed by atoms with Crippen LogP contribution in [0.25, 0.3) is 11.4 Å². The average molecular weight is 387 g/mol. The molecule has 3 aromatic rings. The molecule has 0 aliphatic carbocycles. The molecule has 0 saturated carbocycles. The van der Waals surface area contributed by atoms with Crippen LogP contribution in [0.2, 0.25) is 0 Å².